The summed E-state index contributed by atoms with van der Waals surface area (Å²) in [5, 5.41) is 10.9. The number of nitrogens with one attached hydrogen (secondary N) is 1. The number of imide groups is 2. The van der Waals surface area contributed by atoms with Crippen molar-refractivity contribution in [2.24, 2.45) is 0 Å². The van der Waals surface area contributed by atoms with Crippen LogP contribution in [0.1, 0.15) is 5.56 Å². The number of urea groups is 1. The number of carboxylic acids is 1. The van der Waals surface area contributed by atoms with E-state index in [0.717, 1.165) is 4.90 Å². The number of rotatable bonds is 6. The third-order valence-corrected chi connectivity index (χ3v) is 4.57. The molecule has 0 spiro atoms. The summed E-state index contributed by atoms with van der Waals surface area (Å²) in [6.07, 6.45) is 1.29. The Labute approximate surface area is 180 Å². The molecule has 2 heterocycles. The first-order chi connectivity index (χ1) is 15.4. The minimum atomic E-state index is -1.16. The third-order valence-electron chi connectivity index (χ3n) is 4.57. The first-order valence-corrected chi connectivity index (χ1v) is 9.21. The van der Waals surface area contributed by atoms with Crippen LogP contribution in [0.2, 0.25) is 0 Å². The summed E-state index contributed by atoms with van der Waals surface area (Å²) in [7, 11) is 1.36. The van der Waals surface area contributed by atoms with Gasteiger partial charge in [-0.1, -0.05) is 6.07 Å². The van der Waals surface area contributed by atoms with Crippen molar-refractivity contribution in [3.8, 4) is 23.0 Å². The number of ether oxygens (including phenoxy) is 4. The SMILES string of the molecule is COc1cc(/C=C2\C(=O)NC(=O)N(c3ccc4c(c3)OCO4)C2=O)ccc1OCC(=O)O. The lowest BCUT2D eigenvalue weighted by atomic mass is 10.1. The molecule has 164 valence electrons. The van der Waals surface area contributed by atoms with Crippen LogP contribution in [0.5, 0.6) is 23.0 Å². The van der Waals surface area contributed by atoms with Gasteiger partial charge in [0.1, 0.15) is 5.57 Å². The summed E-state index contributed by atoms with van der Waals surface area (Å²) in [4.78, 5) is 49.3. The molecule has 2 aliphatic rings. The Bertz CT molecular complexity index is 1170. The number of hydrogen-bond acceptors (Lipinski definition) is 8. The van der Waals surface area contributed by atoms with E-state index in [9.17, 15) is 19.2 Å². The topological polar surface area (TPSA) is 141 Å². The summed E-state index contributed by atoms with van der Waals surface area (Å²) < 4.78 is 20.8. The first-order valence-electron chi connectivity index (χ1n) is 9.21. The molecule has 0 saturated carbocycles. The van der Waals surface area contributed by atoms with Gasteiger partial charge in [0, 0.05) is 6.07 Å². The Morgan fingerprint density at radius 2 is 1.91 bits per heavy atom. The average Bonchev–Trinajstić information content (AvgIpc) is 3.23. The molecule has 32 heavy (non-hydrogen) atoms. The second-order valence-electron chi connectivity index (χ2n) is 6.59. The minimum Gasteiger partial charge on any atom is -0.493 e. The van der Waals surface area contributed by atoms with Crippen LogP contribution >= 0.6 is 0 Å². The van der Waals surface area contributed by atoms with E-state index in [1.807, 2.05) is 0 Å². The van der Waals surface area contributed by atoms with Gasteiger partial charge < -0.3 is 24.1 Å². The summed E-state index contributed by atoms with van der Waals surface area (Å²) >= 11 is 0. The van der Waals surface area contributed by atoms with E-state index in [1.165, 1.54) is 43.5 Å². The van der Waals surface area contributed by atoms with Crippen molar-refractivity contribution in [3.05, 3.63) is 47.5 Å². The highest BCUT2D eigenvalue weighted by molar-refractivity contribution is 6.39. The molecular weight excluding hydrogens is 424 g/mol. The summed E-state index contributed by atoms with van der Waals surface area (Å²) in [6.45, 7) is -0.541. The van der Waals surface area contributed by atoms with Crippen molar-refractivity contribution in [1.29, 1.82) is 0 Å². The normalized spacial score (nSPS) is 16.2. The molecule has 1 saturated heterocycles. The van der Waals surface area contributed by atoms with E-state index in [0.29, 0.717) is 17.1 Å². The lowest BCUT2D eigenvalue weighted by Crippen LogP contribution is -2.54. The molecule has 2 aromatic carbocycles. The van der Waals surface area contributed by atoms with E-state index < -0.39 is 30.4 Å². The Hall–Kier alpha value is -4.54. The molecule has 4 amide bonds. The highest BCUT2D eigenvalue weighted by Gasteiger charge is 2.37. The second kappa shape index (κ2) is 8.30. The molecule has 0 aromatic heterocycles. The maximum Gasteiger partial charge on any atom is 0.341 e. The quantitative estimate of drug-likeness (QED) is 0.506. The van der Waals surface area contributed by atoms with Crippen molar-refractivity contribution in [3.63, 3.8) is 0 Å². The smallest absolute Gasteiger partial charge is 0.341 e. The zero-order valence-electron chi connectivity index (χ0n) is 16.6. The van der Waals surface area contributed by atoms with Gasteiger partial charge in [-0.25, -0.2) is 14.5 Å². The van der Waals surface area contributed by atoms with Gasteiger partial charge in [0.05, 0.1) is 12.8 Å². The van der Waals surface area contributed by atoms with Gasteiger partial charge in [0.25, 0.3) is 11.8 Å². The number of aliphatic carboxylic acids is 1. The number of benzene rings is 2. The molecule has 4 rings (SSSR count). The molecule has 0 radical (unpaired) electrons. The standard InChI is InChI=1S/C21H16N2O9/c1-29-16-7-11(2-4-14(16)30-9-18(24)25)6-13-19(26)22-21(28)23(20(13)27)12-3-5-15-17(8-12)32-10-31-15/h2-8H,9-10H2,1H3,(H,24,25)(H,22,26,28)/b13-6+. The predicted octanol–water partition coefficient (Wildman–Crippen LogP) is 1.55. The van der Waals surface area contributed by atoms with Gasteiger partial charge in [0.15, 0.2) is 29.6 Å². The summed E-state index contributed by atoms with van der Waals surface area (Å²) in [5.74, 6) is -1.63. The maximum atomic E-state index is 13.0. The van der Waals surface area contributed by atoms with Crippen molar-refractivity contribution in [1.82, 2.24) is 5.32 Å². The fraction of sp³-hybridized carbons (Fsp3) is 0.143. The largest absolute Gasteiger partial charge is 0.493 e. The van der Waals surface area contributed by atoms with E-state index in [2.05, 4.69) is 5.32 Å². The lowest BCUT2D eigenvalue weighted by molar-refractivity contribution is -0.139. The van der Waals surface area contributed by atoms with Crippen LogP contribution in [-0.4, -0.2) is 49.4 Å². The number of nitrogens with zero attached hydrogens (tertiary/aromatic N) is 1. The Kier molecular flexibility index (Phi) is 5.37. The summed E-state index contributed by atoms with van der Waals surface area (Å²) in [5.41, 5.74) is 0.302. The molecule has 2 N–H and O–H groups in total. The summed E-state index contributed by atoms with van der Waals surface area (Å²) in [6, 6.07) is 8.03. The minimum absolute atomic E-state index is 0.0244. The van der Waals surface area contributed by atoms with Crippen LogP contribution in [-0.2, 0) is 14.4 Å². The molecular formula is C21H16N2O9. The van der Waals surface area contributed by atoms with E-state index in [4.69, 9.17) is 24.1 Å². The number of hydrogen-bond donors (Lipinski definition) is 2. The Balaban J connectivity index is 1.65. The van der Waals surface area contributed by atoms with Crippen LogP contribution in [0.4, 0.5) is 10.5 Å². The molecule has 0 atom stereocenters. The predicted molar refractivity (Wildman–Crippen MR) is 108 cm³/mol. The molecule has 2 aromatic rings. The highest BCUT2D eigenvalue weighted by atomic mass is 16.7. The van der Waals surface area contributed by atoms with Crippen molar-refractivity contribution in [2.75, 3.05) is 25.4 Å². The Morgan fingerprint density at radius 1 is 1.12 bits per heavy atom. The number of carbonyl (C=O) groups excluding carboxylic acids is 3. The van der Waals surface area contributed by atoms with Gasteiger partial charge in [-0.3, -0.25) is 14.9 Å². The van der Waals surface area contributed by atoms with Crippen LogP contribution < -0.4 is 29.2 Å². The number of anilines is 1. The van der Waals surface area contributed by atoms with Crippen LogP contribution in [0.15, 0.2) is 42.0 Å². The number of carboxylic acid groups (broad SMARTS) is 1. The number of amides is 4. The first kappa shape index (κ1) is 20.7. The fourth-order valence-corrected chi connectivity index (χ4v) is 3.12. The number of methoxy groups -OCH3 is 1. The Morgan fingerprint density at radius 3 is 2.66 bits per heavy atom. The average molecular weight is 440 g/mol. The van der Waals surface area contributed by atoms with Crippen molar-refractivity contribution in [2.45, 2.75) is 0 Å². The molecule has 11 nitrogen and oxygen atoms in total. The van der Waals surface area contributed by atoms with Gasteiger partial charge >= 0.3 is 12.0 Å². The number of barbiturate groups is 1. The van der Waals surface area contributed by atoms with Gasteiger partial charge in [-0.2, -0.15) is 0 Å². The third kappa shape index (κ3) is 3.90. The molecule has 0 aliphatic carbocycles. The monoisotopic (exact) mass is 440 g/mol. The van der Waals surface area contributed by atoms with E-state index >= 15 is 0 Å². The number of carbonyl (C=O) groups is 4. The zero-order chi connectivity index (χ0) is 22.8. The molecule has 0 bridgehead atoms. The van der Waals surface area contributed by atoms with Gasteiger partial charge in [-0.15, -0.1) is 0 Å². The molecule has 0 unspecified atom stereocenters. The lowest BCUT2D eigenvalue weighted by Gasteiger charge is -2.26. The van der Waals surface area contributed by atoms with E-state index in [1.54, 1.807) is 6.07 Å². The van der Waals surface area contributed by atoms with Gasteiger partial charge in [-0.05, 0) is 35.9 Å². The second-order valence-corrected chi connectivity index (χ2v) is 6.59. The maximum absolute atomic E-state index is 13.0. The molecule has 11 heteroatoms. The van der Waals surface area contributed by atoms with E-state index in [-0.39, 0.29) is 29.6 Å². The molecule has 1 fully saturated rings. The van der Waals surface area contributed by atoms with Gasteiger partial charge in [0.2, 0.25) is 6.79 Å². The van der Waals surface area contributed by atoms with Crippen LogP contribution in [0, 0.1) is 0 Å². The highest BCUT2D eigenvalue weighted by Crippen LogP contribution is 2.36. The van der Waals surface area contributed by atoms with Crippen molar-refractivity contribution >= 4 is 35.6 Å². The van der Waals surface area contributed by atoms with Crippen LogP contribution in [0.3, 0.4) is 0 Å². The fourth-order valence-electron chi connectivity index (χ4n) is 3.12. The van der Waals surface area contributed by atoms with Crippen LogP contribution in [0.25, 0.3) is 6.08 Å². The number of fused-ring (bicyclic) bond motifs is 1. The van der Waals surface area contributed by atoms with Crippen molar-refractivity contribution < 1.29 is 43.2 Å². The molecule has 2 aliphatic heterocycles. The zero-order valence-corrected chi connectivity index (χ0v) is 16.6.